The fourth-order valence-electron chi connectivity index (χ4n) is 1.02. The zero-order valence-electron chi connectivity index (χ0n) is 9.24. The lowest BCUT2D eigenvalue weighted by Crippen LogP contribution is -2.23. The van der Waals surface area contributed by atoms with E-state index in [1.54, 1.807) is 12.4 Å². The molecule has 0 saturated carbocycles. The summed E-state index contributed by atoms with van der Waals surface area (Å²) in [5.74, 6) is -0.0219. The van der Waals surface area contributed by atoms with E-state index in [2.05, 4.69) is 10.3 Å². The molecule has 1 aromatic heterocycles. The van der Waals surface area contributed by atoms with E-state index in [1.165, 1.54) is 6.92 Å². The van der Waals surface area contributed by atoms with Gasteiger partial charge in [-0.15, -0.1) is 0 Å². The molecule has 1 aromatic rings. The van der Waals surface area contributed by atoms with Crippen LogP contribution in [0.3, 0.4) is 0 Å². The topological polar surface area (TPSA) is 42.0 Å². The molecule has 1 amide bonds. The minimum atomic E-state index is -0.0219. The third-order valence-corrected chi connectivity index (χ3v) is 1.60. The predicted octanol–water partition coefficient (Wildman–Crippen LogP) is 2.30. The molecule has 1 rings (SSSR count). The molecule has 0 radical (unpaired) electrons. The molecule has 0 unspecified atom stereocenters. The summed E-state index contributed by atoms with van der Waals surface area (Å²) in [4.78, 5) is 14.7. The molecule has 0 aromatic carbocycles. The Morgan fingerprint density at radius 1 is 1.50 bits per heavy atom. The number of hydrogen-bond acceptors (Lipinski definition) is 2. The van der Waals surface area contributed by atoms with Crippen molar-refractivity contribution in [3.05, 3.63) is 30.1 Å². The van der Waals surface area contributed by atoms with Gasteiger partial charge in [-0.2, -0.15) is 0 Å². The highest BCUT2D eigenvalue weighted by Gasteiger charge is 2.04. The standard InChI is InChI=1S/C9H12N2O.C2H6/c1-7(11-8(2)12)9-4-3-5-10-6-9;1-2/h3-7H,1-2H3,(H,11,12);1-2H3/t7-;/m0./s1. The van der Waals surface area contributed by atoms with Crippen molar-refractivity contribution in [2.24, 2.45) is 0 Å². The van der Waals surface area contributed by atoms with Crippen molar-refractivity contribution in [2.45, 2.75) is 33.7 Å². The van der Waals surface area contributed by atoms with Gasteiger partial charge >= 0.3 is 0 Å². The average Bonchev–Trinajstić information content (AvgIpc) is 2.21. The van der Waals surface area contributed by atoms with Crippen LogP contribution in [0.15, 0.2) is 24.5 Å². The molecule has 3 nitrogen and oxygen atoms in total. The molecule has 14 heavy (non-hydrogen) atoms. The monoisotopic (exact) mass is 194 g/mol. The van der Waals surface area contributed by atoms with E-state index >= 15 is 0 Å². The van der Waals surface area contributed by atoms with Crippen molar-refractivity contribution in [3.8, 4) is 0 Å². The van der Waals surface area contributed by atoms with Crippen molar-refractivity contribution in [3.63, 3.8) is 0 Å². The predicted molar refractivity (Wildman–Crippen MR) is 57.8 cm³/mol. The molecule has 0 spiro atoms. The number of nitrogens with one attached hydrogen (secondary N) is 1. The molecule has 0 fully saturated rings. The summed E-state index contributed by atoms with van der Waals surface area (Å²) in [6.07, 6.45) is 3.46. The van der Waals surface area contributed by atoms with Gasteiger partial charge in [0.15, 0.2) is 0 Å². The van der Waals surface area contributed by atoms with Crippen LogP contribution in [0.25, 0.3) is 0 Å². The Balaban J connectivity index is 0.000000791. The minimum Gasteiger partial charge on any atom is -0.350 e. The number of hydrogen-bond donors (Lipinski definition) is 1. The van der Waals surface area contributed by atoms with E-state index in [4.69, 9.17) is 0 Å². The van der Waals surface area contributed by atoms with Crippen LogP contribution in [0.4, 0.5) is 0 Å². The number of nitrogens with zero attached hydrogens (tertiary/aromatic N) is 1. The molecule has 0 aliphatic carbocycles. The number of amides is 1. The van der Waals surface area contributed by atoms with Crippen LogP contribution in [-0.2, 0) is 4.79 Å². The first-order valence-corrected chi connectivity index (χ1v) is 4.87. The summed E-state index contributed by atoms with van der Waals surface area (Å²) < 4.78 is 0. The van der Waals surface area contributed by atoms with Crippen LogP contribution in [0.5, 0.6) is 0 Å². The second-order valence-electron chi connectivity index (χ2n) is 2.71. The van der Waals surface area contributed by atoms with Crippen LogP contribution in [-0.4, -0.2) is 10.9 Å². The van der Waals surface area contributed by atoms with Gasteiger partial charge in [-0.3, -0.25) is 9.78 Å². The van der Waals surface area contributed by atoms with E-state index < -0.39 is 0 Å². The summed E-state index contributed by atoms with van der Waals surface area (Å²) in [7, 11) is 0. The van der Waals surface area contributed by atoms with E-state index in [0.29, 0.717) is 0 Å². The number of aromatic nitrogens is 1. The van der Waals surface area contributed by atoms with Crippen molar-refractivity contribution in [1.29, 1.82) is 0 Å². The van der Waals surface area contributed by atoms with Crippen molar-refractivity contribution in [1.82, 2.24) is 10.3 Å². The van der Waals surface area contributed by atoms with E-state index in [-0.39, 0.29) is 11.9 Å². The van der Waals surface area contributed by atoms with Gasteiger partial charge in [0.25, 0.3) is 0 Å². The lowest BCUT2D eigenvalue weighted by Gasteiger charge is -2.11. The summed E-state index contributed by atoms with van der Waals surface area (Å²) >= 11 is 0. The second-order valence-corrected chi connectivity index (χ2v) is 2.71. The molecular formula is C11H18N2O. The first-order valence-electron chi connectivity index (χ1n) is 4.87. The minimum absolute atomic E-state index is 0.0219. The van der Waals surface area contributed by atoms with Crippen LogP contribution in [0.2, 0.25) is 0 Å². The molecular weight excluding hydrogens is 176 g/mol. The maximum atomic E-state index is 10.7. The van der Waals surface area contributed by atoms with E-state index in [1.807, 2.05) is 32.9 Å². The number of carbonyl (C=O) groups excluding carboxylic acids is 1. The SMILES string of the molecule is CC.CC(=O)N[C@@H](C)c1cccnc1. The molecule has 0 aliphatic rings. The highest BCUT2D eigenvalue weighted by molar-refractivity contribution is 5.73. The molecule has 78 valence electrons. The van der Waals surface area contributed by atoms with Gasteiger partial charge in [-0.1, -0.05) is 19.9 Å². The average molecular weight is 194 g/mol. The molecule has 0 bridgehead atoms. The van der Waals surface area contributed by atoms with Gasteiger partial charge in [0.05, 0.1) is 6.04 Å². The van der Waals surface area contributed by atoms with Crippen LogP contribution in [0.1, 0.15) is 39.3 Å². The second kappa shape index (κ2) is 7.06. The fourth-order valence-corrected chi connectivity index (χ4v) is 1.02. The zero-order valence-corrected chi connectivity index (χ0v) is 9.24. The largest absolute Gasteiger partial charge is 0.350 e. The molecule has 3 heteroatoms. The Labute approximate surface area is 85.6 Å². The third kappa shape index (κ3) is 4.60. The Kier molecular flexibility index (Phi) is 6.37. The number of carbonyl (C=O) groups is 1. The Bertz CT molecular complexity index is 259. The first kappa shape index (κ1) is 12.6. The van der Waals surface area contributed by atoms with Gasteiger partial charge in [0, 0.05) is 19.3 Å². The van der Waals surface area contributed by atoms with E-state index in [0.717, 1.165) is 5.56 Å². The first-order chi connectivity index (χ1) is 6.70. The van der Waals surface area contributed by atoms with E-state index in [9.17, 15) is 4.79 Å². The molecule has 0 saturated heterocycles. The highest BCUT2D eigenvalue weighted by atomic mass is 16.1. The molecule has 1 N–H and O–H groups in total. The smallest absolute Gasteiger partial charge is 0.217 e. The quantitative estimate of drug-likeness (QED) is 0.785. The third-order valence-electron chi connectivity index (χ3n) is 1.60. The molecule has 1 atom stereocenters. The summed E-state index contributed by atoms with van der Waals surface area (Å²) in [5.41, 5.74) is 1.02. The lowest BCUT2D eigenvalue weighted by molar-refractivity contribution is -0.119. The fraction of sp³-hybridized carbons (Fsp3) is 0.455. The van der Waals surface area contributed by atoms with Crippen molar-refractivity contribution < 1.29 is 4.79 Å². The maximum absolute atomic E-state index is 10.7. The summed E-state index contributed by atoms with van der Waals surface area (Å²) in [6, 6.07) is 3.83. The lowest BCUT2D eigenvalue weighted by atomic mass is 10.1. The van der Waals surface area contributed by atoms with Gasteiger partial charge < -0.3 is 5.32 Å². The summed E-state index contributed by atoms with van der Waals surface area (Å²) in [5, 5.41) is 2.78. The Morgan fingerprint density at radius 2 is 2.14 bits per heavy atom. The van der Waals surface area contributed by atoms with Crippen molar-refractivity contribution >= 4 is 5.91 Å². The molecule has 0 aliphatic heterocycles. The normalized spacial score (nSPS) is 10.9. The van der Waals surface area contributed by atoms with Crippen LogP contribution < -0.4 is 5.32 Å². The highest BCUT2D eigenvalue weighted by Crippen LogP contribution is 2.08. The Hall–Kier alpha value is -1.38. The van der Waals surface area contributed by atoms with Crippen LogP contribution in [0, 0.1) is 0 Å². The van der Waals surface area contributed by atoms with Crippen molar-refractivity contribution in [2.75, 3.05) is 0 Å². The van der Waals surface area contributed by atoms with Gasteiger partial charge in [-0.25, -0.2) is 0 Å². The number of rotatable bonds is 2. The molecule has 1 heterocycles. The maximum Gasteiger partial charge on any atom is 0.217 e. The van der Waals surface area contributed by atoms with Gasteiger partial charge in [-0.05, 0) is 18.6 Å². The van der Waals surface area contributed by atoms with Gasteiger partial charge in [0.1, 0.15) is 0 Å². The van der Waals surface area contributed by atoms with Crippen LogP contribution >= 0.6 is 0 Å². The summed E-state index contributed by atoms with van der Waals surface area (Å²) in [6.45, 7) is 7.44. The Morgan fingerprint density at radius 3 is 2.57 bits per heavy atom. The number of pyridine rings is 1. The van der Waals surface area contributed by atoms with Gasteiger partial charge in [0.2, 0.25) is 5.91 Å². The zero-order chi connectivity index (χ0) is 11.0.